The van der Waals surface area contributed by atoms with Crippen molar-refractivity contribution in [2.45, 2.75) is 26.4 Å². The Balaban J connectivity index is 2.60. The molecule has 0 spiro atoms. The summed E-state index contributed by atoms with van der Waals surface area (Å²) >= 11 is 3.26. The third-order valence-electron chi connectivity index (χ3n) is 2.30. The first kappa shape index (κ1) is 14.7. The van der Waals surface area contributed by atoms with Gasteiger partial charge < -0.3 is 10.1 Å². The Morgan fingerprint density at radius 2 is 2.06 bits per heavy atom. The van der Waals surface area contributed by atoms with Crippen molar-refractivity contribution in [1.82, 2.24) is 5.32 Å². The number of carbonyl (C=O) groups excluding carboxylic acids is 2. The molecule has 98 valence electrons. The van der Waals surface area contributed by atoms with E-state index in [2.05, 4.69) is 21.2 Å². The maximum absolute atomic E-state index is 11.8. The molecule has 1 atom stereocenters. The molecule has 1 aromatic carbocycles. The number of rotatable bonds is 5. The van der Waals surface area contributed by atoms with Crippen LogP contribution in [-0.2, 0) is 9.53 Å². The molecule has 0 heterocycles. The van der Waals surface area contributed by atoms with Crippen molar-refractivity contribution in [3.63, 3.8) is 0 Å². The zero-order chi connectivity index (χ0) is 13.5. The average Bonchev–Trinajstić information content (AvgIpc) is 2.36. The number of hydrogen-bond acceptors (Lipinski definition) is 3. The molecule has 1 amide bonds. The van der Waals surface area contributed by atoms with Gasteiger partial charge in [-0.05, 0) is 41.4 Å². The molecule has 1 unspecified atom stereocenters. The van der Waals surface area contributed by atoms with E-state index in [1.807, 2.05) is 6.92 Å². The van der Waals surface area contributed by atoms with E-state index in [1.165, 1.54) is 0 Å². The summed E-state index contributed by atoms with van der Waals surface area (Å²) in [6.07, 6.45) is 0.0487. The summed E-state index contributed by atoms with van der Waals surface area (Å²) in [5.74, 6) is -0.793. The lowest BCUT2D eigenvalue weighted by Gasteiger charge is -2.13. The van der Waals surface area contributed by atoms with E-state index < -0.39 is 12.1 Å². The Labute approximate surface area is 115 Å². The Morgan fingerprint density at radius 3 is 2.67 bits per heavy atom. The number of nitrogens with one attached hydrogen (secondary N) is 1. The van der Waals surface area contributed by atoms with Gasteiger partial charge in [0.15, 0.2) is 6.10 Å². The lowest BCUT2D eigenvalue weighted by Crippen LogP contribution is -2.36. The maximum Gasteiger partial charge on any atom is 0.340 e. The largest absolute Gasteiger partial charge is 0.449 e. The smallest absolute Gasteiger partial charge is 0.340 e. The summed E-state index contributed by atoms with van der Waals surface area (Å²) in [5, 5.41) is 2.68. The van der Waals surface area contributed by atoms with Crippen molar-refractivity contribution in [1.29, 1.82) is 0 Å². The Kier molecular flexibility index (Phi) is 5.85. The van der Waals surface area contributed by atoms with Crippen LogP contribution in [0.15, 0.2) is 28.7 Å². The number of benzene rings is 1. The molecule has 0 aliphatic carbocycles. The first-order chi connectivity index (χ1) is 8.56. The molecule has 0 saturated heterocycles. The fraction of sp³-hybridized carbons (Fsp3) is 0.385. The standard InChI is InChI=1S/C13H16BrNO3/c1-3-8-15-12(16)9(2)18-13(17)10-6-4-5-7-11(10)14/h4-7,9H,3,8H2,1-2H3,(H,15,16). The van der Waals surface area contributed by atoms with Crippen LogP contribution in [0, 0.1) is 0 Å². The second-order valence-corrected chi connectivity index (χ2v) is 4.67. The molecule has 0 aliphatic heterocycles. The van der Waals surface area contributed by atoms with Gasteiger partial charge in [-0.1, -0.05) is 19.1 Å². The molecule has 0 bridgehead atoms. The van der Waals surface area contributed by atoms with Crippen LogP contribution in [0.25, 0.3) is 0 Å². The fourth-order valence-electron chi connectivity index (χ4n) is 1.30. The minimum absolute atomic E-state index is 0.280. The van der Waals surface area contributed by atoms with Crippen LogP contribution in [-0.4, -0.2) is 24.5 Å². The van der Waals surface area contributed by atoms with E-state index >= 15 is 0 Å². The van der Waals surface area contributed by atoms with Gasteiger partial charge >= 0.3 is 5.97 Å². The molecule has 1 rings (SSSR count). The second kappa shape index (κ2) is 7.16. The molecular weight excluding hydrogens is 298 g/mol. The predicted molar refractivity (Wildman–Crippen MR) is 72.3 cm³/mol. The van der Waals surface area contributed by atoms with E-state index in [0.29, 0.717) is 16.6 Å². The molecule has 0 fully saturated rings. The SMILES string of the molecule is CCCNC(=O)C(C)OC(=O)c1ccccc1Br. The number of amides is 1. The van der Waals surface area contributed by atoms with Gasteiger partial charge in [0.05, 0.1) is 5.56 Å². The number of halogens is 1. The molecule has 4 nitrogen and oxygen atoms in total. The topological polar surface area (TPSA) is 55.4 Å². The van der Waals surface area contributed by atoms with Crippen LogP contribution in [0.5, 0.6) is 0 Å². The molecule has 0 radical (unpaired) electrons. The van der Waals surface area contributed by atoms with Crippen LogP contribution in [0.2, 0.25) is 0 Å². The third kappa shape index (κ3) is 4.14. The Hall–Kier alpha value is -1.36. The summed E-state index contributed by atoms with van der Waals surface area (Å²) < 4.78 is 5.74. The fourth-order valence-corrected chi connectivity index (χ4v) is 1.74. The van der Waals surface area contributed by atoms with Gasteiger partial charge in [0, 0.05) is 11.0 Å². The second-order valence-electron chi connectivity index (χ2n) is 3.82. The highest BCUT2D eigenvalue weighted by Crippen LogP contribution is 2.17. The van der Waals surface area contributed by atoms with Crippen molar-refractivity contribution >= 4 is 27.8 Å². The lowest BCUT2D eigenvalue weighted by atomic mass is 10.2. The van der Waals surface area contributed by atoms with Gasteiger partial charge in [0.2, 0.25) is 0 Å². The van der Waals surface area contributed by atoms with Crippen LogP contribution >= 0.6 is 15.9 Å². The van der Waals surface area contributed by atoms with Gasteiger partial charge in [-0.3, -0.25) is 4.79 Å². The average molecular weight is 314 g/mol. The molecule has 0 aromatic heterocycles. The highest BCUT2D eigenvalue weighted by Gasteiger charge is 2.19. The van der Waals surface area contributed by atoms with E-state index in [-0.39, 0.29) is 5.91 Å². The molecular formula is C13H16BrNO3. The van der Waals surface area contributed by atoms with Crippen molar-refractivity contribution in [2.24, 2.45) is 0 Å². The summed E-state index contributed by atoms with van der Waals surface area (Å²) in [6.45, 7) is 4.09. The van der Waals surface area contributed by atoms with Gasteiger partial charge in [-0.2, -0.15) is 0 Å². The summed E-state index contributed by atoms with van der Waals surface area (Å²) in [7, 11) is 0. The molecule has 18 heavy (non-hydrogen) atoms. The van der Waals surface area contributed by atoms with Gasteiger partial charge in [0.25, 0.3) is 5.91 Å². The van der Waals surface area contributed by atoms with E-state index in [4.69, 9.17) is 4.74 Å². The van der Waals surface area contributed by atoms with Crippen LogP contribution < -0.4 is 5.32 Å². The van der Waals surface area contributed by atoms with Crippen LogP contribution in [0.1, 0.15) is 30.6 Å². The molecule has 0 aliphatic rings. The van der Waals surface area contributed by atoms with Gasteiger partial charge in [-0.25, -0.2) is 4.79 Å². The molecule has 1 N–H and O–H groups in total. The van der Waals surface area contributed by atoms with E-state index in [0.717, 1.165) is 6.42 Å². The number of esters is 1. The van der Waals surface area contributed by atoms with Crippen molar-refractivity contribution in [3.8, 4) is 0 Å². The minimum Gasteiger partial charge on any atom is -0.449 e. The van der Waals surface area contributed by atoms with Crippen molar-refractivity contribution in [2.75, 3.05) is 6.54 Å². The monoisotopic (exact) mass is 313 g/mol. The predicted octanol–water partition coefficient (Wildman–Crippen LogP) is 2.52. The first-order valence-electron chi connectivity index (χ1n) is 5.79. The number of ether oxygens (including phenoxy) is 1. The summed E-state index contributed by atoms with van der Waals surface area (Å²) in [6, 6.07) is 6.93. The maximum atomic E-state index is 11.8. The van der Waals surface area contributed by atoms with Crippen molar-refractivity contribution in [3.05, 3.63) is 34.3 Å². The van der Waals surface area contributed by atoms with Gasteiger partial charge in [0.1, 0.15) is 0 Å². The minimum atomic E-state index is -0.795. The summed E-state index contributed by atoms with van der Waals surface area (Å²) in [4.78, 5) is 23.4. The molecule has 5 heteroatoms. The van der Waals surface area contributed by atoms with E-state index in [1.54, 1.807) is 31.2 Å². The highest BCUT2D eigenvalue weighted by atomic mass is 79.9. The number of hydrogen-bond donors (Lipinski definition) is 1. The van der Waals surface area contributed by atoms with Gasteiger partial charge in [-0.15, -0.1) is 0 Å². The van der Waals surface area contributed by atoms with E-state index in [9.17, 15) is 9.59 Å². The Bertz CT molecular complexity index is 434. The zero-order valence-electron chi connectivity index (χ0n) is 10.4. The molecule has 1 aromatic rings. The Morgan fingerprint density at radius 1 is 1.39 bits per heavy atom. The highest BCUT2D eigenvalue weighted by molar-refractivity contribution is 9.10. The summed E-state index contributed by atoms with van der Waals surface area (Å²) in [5.41, 5.74) is 0.410. The van der Waals surface area contributed by atoms with Crippen LogP contribution in [0.4, 0.5) is 0 Å². The quantitative estimate of drug-likeness (QED) is 0.850. The number of carbonyl (C=O) groups is 2. The third-order valence-corrected chi connectivity index (χ3v) is 2.99. The zero-order valence-corrected chi connectivity index (χ0v) is 12.0. The first-order valence-corrected chi connectivity index (χ1v) is 6.58. The lowest BCUT2D eigenvalue weighted by molar-refractivity contribution is -0.129. The normalized spacial score (nSPS) is 11.7. The van der Waals surface area contributed by atoms with Crippen LogP contribution in [0.3, 0.4) is 0 Å². The molecule has 0 saturated carbocycles. The van der Waals surface area contributed by atoms with Crippen molar-refractivity contribution < 1.29 is 14.3 Å².